The zero-order valence-corrected chi connectivity index (χ0v) is 18.9. The van der Waals surface area contributed by atoms with Gasteiger partial charge in [-0.05, 0) is 55.5 Å². The highest BCUT2D eigenvalue weighted by Gasteiger charge is 2.45. The van der Waals surface area contributed by atoms with Gasteiger partial charge in [-0.25, -0.2) is 19.3 Å². The maximum absolute atomic E-state index is 14.2. The number of aromatic nitrogens is 3. The molecular formula is C24H19ClF4N4O2. The van der Waals surface area contributed by atoms with Crippen molar-refractivity contribution < 1.29 is 27.1 Å². The van der Waals surface area contributed by atoms with Crippen molar-refractivity contribution in [2.45, 2.75) is 37.6 Å². The zero-order valence-electron chi connectivity index (χ0n) is 18.2. The molecule has 3 unspecified atom stereocenters. The number of carbonyl (C=O) groups excluding carboxylic acids is 1. The maximum Gasteiger partial charge on any atom is 0.417 e. The summed E-state index contributed by atoms with van der Waals surface area (Å²) in [6, 6.07) is 5.92. The van der Waals surface area contributed by atoms with Crippen LogP contribution in [0.3, 0.4) is 0 Å². The number of halogens is 5. The van der Waals surface area contributed by atoms with Crippen molar-refractivity contribution >= 4 is 17.5 Å². The number of alkyl halides is 3. The molecule has 0 N–H and O–H groups in total. The Bertz CT molecular complexity index is 1260. The molecule has 35 heavy (non-hydrogen) atoms. The second kappa shape index (κ2) is 9.07. The first kappa shape index (κ1) is 23.5. The highest BCUT2D eigenvalue weighted by atomic mass is 35.5. The Morgan fingerprint density at radius 2 is 1.89 bits per heavy atom. The van der Waals surface area contributed by atoms with Crippen LogP contribution in [0.1, 0.15) is 35.2 Å². The summed E-state index contributed by atoms with van der Waals surface area (Å²) in [4.78, 5) is 27.4. The summed E-state index contributed by atoms with van der Waals surface area (Å²) in [7, 11) is 0. The fourth-order valence-corrected chi connectivity index (χ4v) is 4.99. The van der Waals surface area contributed by atoms with Crippen molar-refractivity contribution in [3.63, 3.8) is 0 Å². The Hall–Kier alpha value is -3.27. The second-order valence-electron chi connectivity index (χ2n) is 8.63. The van der Waals surface area contributed by atoms with Crippen LogP contribution in [-0.4, -0.2) is 44.4 Å². The molecule has 0 spiro atoms. The van der Waals surface area contributed by atoms with Crippen molar-refractivity contribution in [3.8, 4) is 17.3 Å². The minimum Gasteiger partial charge on any atom is -0.471 e. The quantitative estimate of drug-likeness (QED) is 0.442. The number of fused-ring (bicyclic) bond motifs is 3. The van der Waals surface area contributed by atoms with Gasteiger partial charge in [-0.15, -0.1) is 0 Å². The Morgan fingerprint density at radius 1 is 1.11 bits per heavy atom. The van der Waals surface area contributed by atoms with Gasteiger partial charge in [0.25, 0.3) is 5.91 Å². The lowest BCUT2D eigenvalue weighted by molar-refractivity contribution is -0.137. The lowest BCUT2D eigenvalue weighted by atomic mass is 9.77. The largest absolute Gasteiger partial charge is 0.471 e. The molecule has 1 aromatic carbocycles. The van der Waals surface area contributed by atoms with Crippen molar-refractivity contribution in [2.24, 2.45) is 5.92 Å². The first-order valence-corrected chi connectivity index (χ1v) is 11.4. The summed E-state index contributed by atoms with van der Waals surface area (Å²) in [5.74, 6) is -0.655. The number of carbonyl (C=O) groups is 1. The molecule has 6 nitrogen and oxygen atoms in total. The van der Waals surface area contributed by atoms with Gasteiger partial charge >= 0.3 is 6.18 Å². The summed E-state index contributed by atoms with van der Waals surface area (Å²) in [6.07, 6.45) is 0.758. The molecular weight excluding hydrogens is 488 g/mol. The van der Waals surface area contributed by atoms with Crippen molar-refractivity contribution in [2.75, 3.05) is 6.54 Å². The van der Waals surface area contributed by atoms with Crippen molar-refractivity contribution in [1.29, 1.82) is 0 Å². The topological polar surface area (TPSA) is 68.2 Å². The summed E-state index contributed by atoms with van der Waals surface area (Å²) >= 11 is 6.03. The standard InChI is InChI=1S/C24H19ClF4N4O2/c25-18-9-14(24(27,28)29)11-32-22(18)35-20-8-13-2-5-19(20)33(12-13)23(34)17-10-15(26)3-4-16(17)21-30-6-1-7-31-21/h1,3-4,6-7,9-11,13,19-20H,2,5,8,12H2. The summed E-state index contributed by atoms with van der Waals surface area (Å²) in [6.45, 7) is 0.461. The van der Waals surface area contributed by atoms with Gasteiger partial charge < -0.3 is 9.64 Å². The van der Waals surface area contributed by atoms with E-state index in [9.17, 15) is 22.4 Å². The van der Waals surface area contributed by atoms with E-state index in [-0.39, 0.29) is 34.3 Å². The van der Waals surface area contributed by atoms with E-state index in [1.807, 2.05) is 0 Å². The number of ether oxygens (including phenoxy) is 1. The van der Waals surface area contributed by atoms with E-state index < -0.39 is 23.7 Å². The smallest absolute Gasteiger partial charge is 0.417 e. The van der Waals surface area contributed by atoms with E-state index >= 15 is 0 Å². The van der Waals surface area contributed by atoms with E-state index in [0.717, 1.165) is 12.5 Å². The summed E-state index contributed by atoms with van der Waals surface area (Å²) < 4.78 is 58.9. The molecule has 2 saturated heterocycles. The number of hydrogen-bond acceptors (Lipinski definition) is 5. The number of hydrogen-bond donors (Lipinski definition) is 0. The Kier molecular flexibility index (Phi) is 6.08. The van der Waals surface area contributed by atoms with Crippen LogP contribution < -0.4 is 4.74 Å². The third kappa shape index (κ3) is 4.67. The average molecular weight is 507 g/mol. The zero-order chi connectivity index (χ0) is 24.7. The van der Waals surface area contributed by atoms with E-state index in [2.05, 4.69) is 15.0 Å². The number of rotatable bonds is 4. The van der Waals surface area contributed by atoms with Crippen LogP contribution in [-0.2, 0) is 6.18 Å². The van der Waals surface area contributed by atoms with Crippen LogP contribution in [0.4, 0.5) is 17.6 Å². The summed E-state index contributed by atoms with van der Waals surface area (Å²) in [5, 5.41) is -0.257. The van der Waals surface area contributed by atoms with Gasteiger partial charge in [0, 0.05) is 30.7 Å². The normalized spacial score (nSPS) is 21.7. The highest BCUT2D eigenvalue weighted by molar-refractivity contribution is 6.31. The maximum atomic E-state index is 14.2. The monoisotopic (exact) mass is 506 g/mol. The first-order chi connectivity index (χ1) is 16.7. The molecule has 2 bridgehead atoms. The molecule has 2 aliphatic heterocycles. The number of piperidine rings is 2. The molecule has 3 fully saturated rings. The molecule has 3 aromatic rings. The molecule has 2 aromatic heterocycles. The molecule has 1 amide bonds. The lowest BCUT2D eigenvalue weighted by Crippen LogP contribution is -2.59. The SMILES string of the molecule is O=C(c1cc(F)ccc1-c1ncccn1)N1CC2CCC1C(Oc1ncc(C(F)(F)F)cc1Cl)C2. The van der Waals surface area contributed by atoms with Crippen LogP contribution in [0.5, 0.6) is 5.88 Å². The minimum absolute atomic E-state index is 0.117. The van der Waals surface area contributed by atoms with Gasteiger partial charge in [-0.1, -0.05) is 11.6 Å². The molecule has 3 atom stereocenters. The number of amides is 1. The fraction of sp³-hybridized carbons (Fsp3) is 0.333. The molecule has 1 aliphatic carbocycles. The fourth-order valence-electron chi connectivity index (χ4n) is 4.78. The molecule has 1 saturated carbocycles. The summed E-state index contributed by atoms with van der Waals surface area (Å²) in [5.41, 5.74) is -0.435. The number of benzene rings is 1. The van der Waals surface area contributed by atoms with E-state index in [0.29, 0.717) is 37.0 Å². The van der Waals surface area contributed by atoms with Gasteiger partial charge in [0.05, 0.1) is 17.2 Å². The minimum atomic E-state index is -4.58. The third-order valence-corrected chi connectivity index (χ3v) is 6.67. The highest BCUT2D eigenvalue weighted by Crippen LogP contribution is 2.40. The Balaban J connectivity index is 1.42. The predicted molar refractivity (Wildman–Crippen MR) is 118 cm³/mol. The lowest BCUT2D eigenvalue weighted by Gasteiger charge is -2.49. The Labute approximate surface area is 202 Å². The molecule has 4 heterocycles. The van der Waals surface area contributed by atoms with Crippen molar-refractivity contribution in [1.82, 2.24) is 19.9 Å². The van der Waals surface area contributed by atoms with Crippen LogP contribution >= 0.6 is 11.6 Å². The van der Waals surface area contributed by atoms with Crippen LogP contribution in [0.25, 0.3) is 11.4 Å². The molecule has 6 rings (SSSR count). The third-order valence-electron chi connectivity index (χ3n) is 6.40. The number of pyridine rings is 1. The van der Waals surface area contributed by atoms with Gasteiger partial charge in [0.1, 0.15) is 16.9 Å². The molecule has 182 valence electrons. The number of nitrogens with zero attached hydrogens (tertiary/aromatic N) is 4. The van der Waals surface area contributed by atoms with Crippen LogP contribution in [0.15, 0.2) is 48.9 Å². The van der Waals surface area contributed by atoms with E-state index in [4.69, 9.17) is 16.3 Å². The van der Waals surface area contributed by atoms with Crippen LogP contribution in [0, 0.1) is 11.7 Å². The molecule has 3 aliphatic rings. The van der Waals surface area contributed by atoms with Gasteiger partial charge in [0.15, 0.2) is 5.82 Å². The van der Waals surface area contributed by atoms with Gasteiger partial charge in [-0.2, -0.15) is 13.2 Å². The first-order valence-electron chi connectivity index (χ1n) is 11.0. The van der Waals surface area contributed by atoms with Gasteiger partial charge in [0.2, 0.25) is 5.88 Å². The van der Waals surface area contributed by atoms with Gasteiger partial charge in [-0.3, -0.25) is 4.79 Å². The van der Waals surface area contributed by atoms with E-state index in [1.165, 1.54) is 30.6 Å². The second-order valence-corrected chi connectivity index (χ2v) is 9.04. The van der Waals surface area contributed by atoms with Crippen LogP contribution in [0.2, 0.25) is 5.02 Å². The average Bonchev–Trinajstić information content (AvgIpc) is 2.85. The molecule has 11 heteroatoms. The van der Waals surface area contributed by atoms with Crippen molar-refractivity contribution in [3.05, 3.63) is 70.9 Å². The predicted octanol–water partition coefficient (Wildman–Crippen LogP) is 5.42. The van der Waals surface area contributed by atoms with E-state index in [1.54, 1.807) is 11.0 Å². The molecule has 0 radical (unpaired) electrons. The Morgan fingerprint density at radius 3 is 2.57 bits per heavy atom.